The fourth-order valence-corrected chi connectivity index (χ4v) is 2.22. The predicted octanol–water partition coefficient (Wildman–Crippen LogP) is 2.49. The van der Waals surface area contributed by atoms with Crippen LogP contribution in [-0.2, 0) is 6.42 Å². The summed E-state index contributed by atoms with van der Waals surface area (Å²) in [4.78, 5) is 16.1. The Kier molecular flexibility index (Phi) is 5.52. The van der Waals surface area contributed by atoms with Crippen LogP contribution >= 0.6 is 0 Å². The summed E-state index contributed by atoms with van der Waals surface area (Å²) in [5, 5.41) is 12.4. The van der Waals surface area contributed by atoms with E-state index in [0.717, 1.165) is 12.8 Å². The topological polar surface area (TPSA) is 82.7 Å². The lowest BCUT2D eigenvalue weighted by atomic mass is 10.0. The molecule has 1 aromatic carbocycles. The van der Waals surface area contributed by atoms with Crippen molar-refractivity contribution in [2.24, 2.45) is 0 Å². The van der Waals surface area contributed by atoms with E-state index in [2.05, 4.69) is 63.9 Å². The summed E-state index contributed by atoms with van der Waals surface area (Å²) in [5.74, 6) is 0.640. The minimum atomic E-state index is -0.209. The van der Waals surface area contributed by atoms with Crippen molar-refractivity contribution in [2.75, 3.05) is 0 Å². The lowest BCUT2D eigenvalue weighted by molar-refractivity contribution is 0.233. The lowest BCUT2D eigenvalue weighted by Gasteiger charge is -2.19. The Morgan fingerprint density at radius 1 is 1.27 bits per heavy atom. The zero-order chi connectivity index (χ0) is 15.9. The zero-order valence-electron chi connectivity index (χ0n) is 13.3. The molecule has 0 radical (unpaired) electrons. The van der Waals surface area contributed by atoms with E-state index in [-0.39, 0.29) is 18.1 Å². The SMILES string of the molecule is CCC(Cc1ccc(C)cc1)NC(=O)NC(C)c1ncn[nH]1. The van der Waals surface area contributed by atoms with E-state index in [4.69, 9.17) is 0 Å². The maximum atomic E-state index is 12.1. The van der Waals surface area contributed by atoms with Gasteiger partial charge < -0.3 is 10.6 Å². The molecule has 2 atom stereocenters. The first-order chi connectivity index (χ1) is 10.6. The highest BCUT2D eigenvalue weighted by Crippen LogP contribution is 2.09. The normalized spacial score (nSPS) is 13.4. The molecule has 2 rings (SSSR count). The molecule has 118 valence electrons. The van der Waals surface area contributed by atoms with Crippen molar-refractivity contribution < 1.29 is 4.79 Å². The summed E-state index contributed by atoms with van der Waals surface area (Å²) < 4.78 is 0. The van der Waals surface area contributed by atoms with Gasteiger partial charge in [0, 0.05) is 6.04 Å². The summed E-state index contributed by atoms with van der Waals surface area (Å²) in [6.07, 6.45) is 3.12. The molecule has 0 spiro atoms. The number of aromatic nitrogens is 3. The fourth-order valence-electron chi connectivity index (χ4n) is 2.22. The van der Waals surface area contributed by atoms with Crippen molar-refractivity contribution in [1.29, 1.82) is 0 Å². The largest absolute Gasteiger partial charge is 0.335 e. The molecule has 1 heterocycles. The average molecular weight is 301 g/mol. The summed E-state index contributed by atoms with van der Waals surface area (Å²) in [6, 6.07) is 8.10. The van der Waals surface area contributed by atoms with Crippen LogP contribution in [0.3, 0.4) is 0 Å². The number of carbonyl (C=O) groups excluding carboxylic acids is 1. The van der Waals surface area contributed by atoms with Gasteiger partial charge in [-0.25, -0.2) is 9.78 Å². The van der Waals surface area contributed by atoms with Crippen molar-refractivity contribution in [3.63, 3.8) is 0 Å². The van der Waals surface area contributed by atoms with Crippen LogP contribution in [0.2, 0.25) is 0 Å². The highest BCUT2D eigenvalue weighted by Gasteiger charge is 2.15. The van der Waals surface area contributed by atoms with Crippen LogP contribution in [0.4, 0.5) is 4.79 Å². The number of amides is 2. The number of nitrogens with one attached hydrogen (secondary N) is 3. The molecule has 0 fully saturated rings. The van der Waals surface area contributed by atoms with Crippen molar-refractivity contribution in [2.45, 2.75) is 45.7 Å². The molecule has 2 unspecified atom stereocenters. The van der Waals surface area contributed by atoms with Crippen LogP contribution < -0.4 is 10.6 Å². The molecule has 1 aromatic heterocycles. The first kappa shape index (κ1) is 16.0. The maximum Gasteiger partial charge on any atom is 0.315 e. The number of hydrogen-bond donors (Lipinski definition) is 3. The Morgan fingerprint density at radius 3 is 2.59 bits per heavy atom. The van der Waals surface area contributed by atoms with E-state index in [1.807, 2.05) is 6.92 Å². The van der Waals surface area contributed by atoms with E-state index in [0.29, 0.717) is 5.82 Å². The summed E-state index contributed by atoms with van der Waals surface area (Å²) in [5.41, 5.74) is 2.46. The molecule has 0 aliphatic carbocycles. The second-order valence-electron chi connectivity index (χ2n) is 5.51. The third-order valence-corrected chi connectivity index (χ3v) is 3.62. The lowest BCUT2D eigenvalue weighted by Crippen LogP contribution is -2.43. The predicted molar refractivity (Wildman–Crippen MR) is 85.4 cm³/mol. The van der Waals surface area contributed by atoms with E-state index >= 15 is 0 Å². The highest BCUT2D eigenvalue weighted by molar-refractivity contribution is 5.74. The number of aromatic amines is 1. The maximum absolute atomic E-state index is 12.1. The number of carbonyl (C=O) groups is 1. The van der Waals surface area contributed by atoms with Gasteiger partial charge in [0.15, 0.2) is 0 Å². The number of nitrogens with zero attached hydrogens (tertiary/aromatic N) is 2. The molecule has 0 aliphatic heterocycles. The van der Waals surface area contributed by atoms with Gasteiger partial charge in [-0.2, -0.15) is 5.10 Å². The monoisotopic (exact) mass is 301 g/mol. The first-order valence-electron chi connectivity index (χ1n) is 7.56. The fraction of sp³-hybridized carbons (Fsp3) is 0.438. The van der Waals surface area contributed by atoms with Crippen LogP contribution in [0.25, 0.3) is 0 Å². The van der Waals surface area contributed by atoms with Gasteiger partial charge in [0.05, 0.1) is 6.04 Å². The van der Waals surface area contributed by atoms with Gasteiger partial charge in [-0.15, -0.1) is 0 Å². The second-order valence-corrected chi connectivity index (χ2v) is 5.51. The van der Waals surface area contributed by atoms with Crippen molar-refractivity contribution in [3.05, 3.63) is 47.5 Å². The van der Waals surface area contributed by atoms with Crippen molar-refractivity contribution in [1.82, 2.24) is 25.8 Å². The molecule has 6 heteroatoms. The van der Waals surface area contributed by atoms with Gasteiger partial charge >= 0.3 is 6.03 Å². The third kappa shape index (κ3) is 4.58. The molecule has 6 nitrogen and oxygen atoms in total. The molecule has 2 aromatic rings. The number of hydrogen-bond acceptors (Lipinski definition) is 3. The molecule has 22 heavy (non-hydrogen) atoms. The standard InChI is InChI=1S/C16H23N5O/c1-4-14(9-13-7-5-11(2)6-8-13)20-16(22)19-12(3)15-17-10-18-21-15/h5-8,10,12,14H,4,9H2,1-3H3,(H,17,18,21)(H2,19,20,22). The van der Waals surface area contributed by atoms with Gasteiger partial charge in [-0.05, 0) is 32.3 Å². The Balaban J connectivity index is 1.86. The van der Waals surface area contributed by atoms with Crippen LogP contribution in [-0.4, -0.2) is 27.3 Å². The van der Waals surface area contributed by atoms with Gasteiger partial charge in [-0.1, -0.05) is 36.8 Å². The van der Waals surface area contributed by atoms with Gasteiger partial charge in [-0.3, -0.25) is 5.10 Å². The summed E-state index contributed by atoms with van der Waals surface area (Å²) >= 11 is 0. The number of aryl methyl sites for hydroxylation is 1. The third-order valence-electron chi connectivity index (χ3n) is 3.62. The van der Waals surface area contributed by atoms with E-state index in [1.165, 1.54) is 17.5 Å². The summed E-state index contributed by atoms with van der Waals surface area (Å²) in [7, 11) is 0. The highest BCUT2D eigenvalue weighted by atomic mass is 16.2. The van der Waals surface area contributed by atoms with Crippen molar-refractivity contribution >= 4 is 6.03 Å². The number of H-pyrrole nitrogens is 1. The Morgan fingerprint density at radius 2 is 2.00 bits per heavy atom. The van der Waals surface area contributed by atoms with Crippen LogP contribution in [0, 0.1) is 6.92 Å². The summed E-state index contributed by atoms with van der Waals surface area (Å²) in [6.45, 7) is 6.00. The van der Waals surface area contributed by atoms with Crippen LogP contribution in [0.1, 0.15) is 43.3 Å². The average Bonchev–Trinajstić information content (AvgIpc) is 3.03. The second kappa shape index (κ2) is 7.59. The van der Waals surface area contributed by atoms with E-state index in [1.54, 1.807) is 0 Å². The molecular formula is C16H23N5O. The van der Waals surface area contributed by atoms with Crippen LogP contribution in [0.15, 0.2) is 30.6 Å². The number of rotatable bonds is 6. The van der Waals surface area contributed by atoms with Gasteiger partial charge in [0.1, 0.15) is 12.2 Å². The molecule has 0 saturated heterocycles. The minimum Gasteiger partial charge on any atom is -0.335 e. The molecule has 0 saturated carbocycles. The number of benzene rings is 1. The minimum absolute atomic E-state index is 0.102. The quantitative estimate of drug-likeness (QED) is 0.766. The van der Waals surface area contributed by atoms with Crippen LogP contribution in [0.5, 0.6) is 0 Å². The molecule has 2 amide bonds. The smallest absolute Gasteiger partial charge is 0.315 e. The first-order valence-corrected chi connectivity index (χ1v) is 7.56. The van der Waals surface area contributed by atoms with Gasteiger partial charge in [0.2, 0.25) is 0 Å². The molecule has 0 bridgehead atoms. The van der Waals surface area contributed by atoms with Crippen molar-refractivity contribution in [3.8, 4) is 0 Å². The van der Waals surface area contributed by atoms with E-state index in [9.17, 15) is 4.79 Å². The Hall–Kier alpha value is -2.37. The number of urea groups is 1. The van der Waals surface area contributed by atoms with E-state index < -0.39 is 0 Å². The molecule has 3 N–H and O–H groups in total. The molecule has 0 aliphatic rings. The Bertz CT molecular complexity index is 579. The van der Waals surface area contributed by atoms with Gasteiger partial charge in [0.25, 0.3) is 0 Å². The Labute approximate surface area is 130 Å². The zero-order valence-corrected chi connectivity index (χ0v) is 13.3. The molecular weight excluding hydrogens is 278 g/mol.